The molecule has 2 N–H and O–H groups in total. The van der Waals surface area contributed by atoms with Gasteiger partial charge in [-0.15, -0.1) is 0 Å². The summed E-state index contributed by atoms with van der Waals surface area (Å²) in [5, 5.41) is 6.40. The van der Waals surface area contributed by atoms with Gasteiger partial charge in [0.2, 0.25) is 11.8 Å². The van der Waals surface area contributed by atoms with Gasteiger partial charge in [-0.05, 0) is 38.1 Å². The molecule has 30 heavy (non-hydrogen) atoms. The third-order valence-corrected chi connectivity index (χ3v) is 6.13. The summed E-state index contributed by atoms with van der Waals surface area (Å²) in [5.74, 6) is 1.66. The van der Waals surface area contributed by atoms with Crippen LogP contribution in [0, 0.1) is 5.92 Å². The molecule has 0 saturated carbocycles. The third-order valence-electron chi connectivity index (χ3n) is 6.13. The minimum atomic E-state index is -0.188. The Bertz CT molecular complexity index is 704. The number of hydrogen-bond donors (Lipinski definition) is 2. The number of amides is 2. The minimum absolute atomic E-state index is 0.0654. The fourth-order valence-corrected chi connectivity index (χ4v) is 4.41. The van der Waals surface area contributed by atoms with Crippen LogP contribution in [0.25, 0.3) is 0 Å². The molecule has 2 amide bonds. The molecule has 0 unspecified atom stereocenters. The number of carbonyl (C=O) groups excluding carboxylic acids is 2. The van der Waals surface area contributed by atoms with Gasteiger partial charge in [-0.2, -0.15) is 0 Å². The van der Waals surface area contributed by atoms with Crippen LogP contribution in [0.5, 0.6) is 0 Å². The summed E-state index contributed by atoms with van der Waals surface area (Å²) in [5.41, 5.74) is 0. The van der Waals surface area contributed by atoms with Gasteiger partial charge in [0.05, 0.1) is 12.6 Å². The molecule has 2 fully saturated rings. The van der Waals surface area contributed by atoms with Crippen LogP contribution in [-0.2, 0) is 23.2 Å². The van der Waals surface area contributed by atoms with Crippen molar-refractivity contribution in [3.05, 3.63) is 18.2 Å². The van der Waals surface area contributed by atoms with E-state index in [2.05, 4.69) is 38.9 Å². The highest BCUT2D eigenvalue weighted by molar-refractivity contribution is 5.82. The zero-order valence-electron chi connectivity index (χ0n) is 18.8. The molecule has 1 aromatic heterocycles. The lowest BCUT2D eigenvalue weighted by molar-refractivity contribution is -0.134. The fraction of sp³-hybridized carbons (Fsp3) is 0.773. The first kappa shape index (κ1) is 22.7. The predicted molar refractivity (Wildman–Crippen MR) is 117 cm³/mol. The second kappa shape index (κ2) is 10.9. The van der Waals surface area contributed by atoms with Gasteiger partial charge in [0.15, 0.2) is 0 Å². The van der Waals surface area contributed by atoms with Crippen LogP contribution in [0.3, 0.4) is 0 Å². The van der Waals surface area contributed by atoms with E-state index in [0.29, 0.717) is 31.8 Å². The summed E-state index contributed by atoms with van der Waals surface area (Å²) in [6.45, 7) is 9.01. The fourth-order valence-electron chi connectivity index (χ4n) is 4.41. The third kappa shape index (κ3) is 6.28. The van der Waals surface area contributed by atoms with E-state index in [1.165, 1.54) is 0 Å². The molecular formula is C22H38N6O2. The summed E-state index contributed by atoms with van der Waals surface area (Å²) < 4.78 is 2.06. The van der Waals surface area contributed by atoms with Gasteiger partial charge in [-0.1, -0.05) is 13.8 Å². The Labute approximate surface area is 180 Å². The molecule has 1 aromatic rings. The zero-order valence-corrected chi connectivity index (χ0v) is 18.8. The van der Waals surface area contributed by atoms with Crippen molar-refractivity contribution < 1.29 is 9.59 Å². The van der Waals surface area contributed by atoms with Crippen molar-refractivity contribution in [3.8, 4) is 0 Å². The molecule has 2 aliphatic rings. The van der Waals surface area contributed by atoms with E-state index in [1.54, 1.807) is 0 Å². The van der Waals surface area contributed by atoms with Gasteiger partial charge in [0.1, 0.15) is 5.82 Å². The number of carbonyl (C=O) groups is 2. The first-order valence-corrected chi connectivity index (χ1v) is 11.4. The number of fused-ring (bicyclic) bond motifs is 2. The zero-order chi connectivity index (χ0) is 21.5. The number of imidazole rings is 1. The van der Waals surface area contributed by atoms with Gasteiger partial charge in [0.25, 0.3) is 0 Å². The molecule has 3 rings (SSSR count). The summed E-state index contributed by atoms with van der Waals surface area (Å²) in [7, 11) is 2.03. The average molecular weight is 419 g/mol. The quantitative estimate of drug-likeness (QED) is 0.766. The van der Waals surface area contributed by atoms with Crippen LogP contribution in [0.2, 0.25) is 0 Å². The van der Waals surface area contributed by atoms with Crippen molar-refractivity contribution in [1.29, 1.82) is 0 Å². The van der Waals surface area contributed by atoms with Crippen molar-refractivity contribution in [1.82, 2.24) is 30.0 Å². The van der Waals surface area contributed by atoms with Gasteiger partial charge >= 0.3 is 0 Å². The molecule has 8 heteroatoms. The highest BCUT2D eigenvalue weighted by Crippen LogP contribution is 2.18. The largest absolute Gasteiger partial charge is 0.355 e. The predicted octanol–water partition coefficient (Wildman–Crippen LogP) is 1.13. The van der Waals surface area contributed by atoms with Crippen molar-refractivity contribution in [2.75, 3.05) is 32.7 Å². The van der Waals surface area contributed by atoms with Crippen LogP contribution in [0.15, 0.2) is 12.4 Å². The van der Waals surface area contributed by atoms with E-state index >= 15 is 0 Å². The molecular weight excluding hydrogens is 380 g/mol. The van der Waals surface area contributed by atoms with Crippen LogP contribution < -0.4 is 10.6 Å². The van der Waals surface area contributed by atoms with E-state index in [9.17, 15) is 9.59 Å². The Hall–Kier alpha value is -1.93. The first-order valence-electron chi connectivity index (χ1n) is 11.4. The number of nitrogens with zero attached hydrogens (tertiary/aromatic N) is 4. The standard InChI is InChI=1S/C22H38N6O2/c1-17(2)13-21(29)28-11-6-10-27(16-20-23-8-12-26(20)3)9-5-4-7-24-22(30)19-14-18(28)15-25-19/h8,12,17-19,25H,4-7,9-11,13-16H2,1-3H3,(H,24,30)/t18-,19-/m0/s1. The maximum Gasteiger partial charge on any atom is 0.237 e. The molecule has 0 aromatic carbocycles. The molecule has 168 valence electrons. The smallest absolute Gasteiger partial charge is 0.237 e. The monoisotopic (exact) mass is 418 g/mol. The van der Waals surface area contributed by atoms with Gasteiger partial charge in [-0.3, -0.25) is 14.5 Å². The molecule has 2 bridgehead atoms. The van der Waals surface area contributed by atoms with Crippen molar-refractivity contribution in [3.63, 3.8) is 0 Å². The van der Waals surface area contributed by atoms with Crippen molar-refractivity contribution >= 4 is 11.8 Å². The van der Waals surface area contributed by atoms with Crippen LogP contribution in [-0.4, -0.2) is 76.0 Å². The Morgan fingerprint density at radius 1 is 1.23 bits per heavy atom. The number of hydrogen-bond acceptors (Lipinski definition) is 5. The highest BCUT2D eigenvalue weighted by Gasteiger charge is 2.34. The maximum atomic E-state index is 13.0. The summed E-state index contributed by atoms with van der Waals surface area (Å²) in [6.07, 6.45) is 8.01. The minimum Gasteiger partial charge on any atom is -0.355 e. The molecule has 2 saturated heterocycles. The number of aryl methyl sites for hydroxylation is 1. The maximum absolute atomic E-state index is 13.0. The van der Waals surface area contributed by atoms with E-state index in [0.717, 1.165) is 51.3 Å². The van der Waals surface area contributed by atoms with Crippen molar-refractivity contribution in [2.24, 2.45) is 13.0 Å². The molecule has 2 aliphatic heterocycles. The second-order valence-corrected chi connectivity index (χ2v) is 9.12. The van der Waals surface area contributed by atoms with Crippen molar-refractivity contribution in [2.45, 2.75) is 64.6 Å². The van der Waals surface area contributed by atoms with E-state index in [-0.39, 0.29) is 23.9 Å². The normalized spacial score (nSPS) is 24.7. The number of aromatic nitrogens is 2. The Kier molecular flexibility index (Phi) is 8.27. The molecule has 0 radical (unpaired) electrons. The van der Waals surface area contributed by atoms with Gasteiger partial charge in [0, 0.05) is 58.1 Å². The molecule has 2 atom stereocenters. The molecule has 0 aliphatic carbocycles. The average Bonchev–Trinajstić information content (AvgIpc) is 3.32. The number of rotatable bonds is 4. The SMILES string of the molecule is CC(C)CC(=O)N1CCCN(Cc2nccn2C)CCCCNC(=O)[C@@H]2C[C@H]1CN2. The lowest BCUT2D eigenvalue weighted by atomic mass is 10.1. The Morgan fingerprint density at radius 3 is 2.77 bits per heavy atom. The topological polar surface area (TPSA) is 82.5 Å². The van der Waals surface area contributed by atoms with E-state index in [1.807, 2.05) is 24.3 Å². The van der Waals surface area contributed by atoms with Crippen LogP contribution in [0.1, 0.15) is 51.8 Å². The molecule has 3 heterocycles. The lowest BCUT2D eigenvalue weighted by Crippen LogP contribution is -2.44. The molecule has 8 nitrogen and oxygen atoms in total. The van der Waals surface area contributed by atoms with Crippen LogP contribution >= 0.6 is 0 Å². The lowest BCUT2D eigenvalue weighted by Gasteiger charge is -2.31. The summed E-state index contributed by atoms with van der Waals surface area (Å²) in [6, 6.07) is -0.0925. The van der Waals surface area contributed by atoms with Gasteiger partial charge in [-0.25, -0.2) is 4.98 Å². The highest BCUT2D eigenvalue weighted by atomic mass is 16.2. The van der Waals surface area contributed by atoms with Crippen LogP contribution in [0.4, 0.5) is 0 Å². The second-order valence-electron chi connectivity index (χ2n) is 9.12. The Morgan fingerprint density at radius 2 is 2.03 bits per heavy atom. The molecule has 0 spiro atoms. The summed E-state index contributed by atoms with van der Waals surface area (Å²) >= 11 is 0. The first-order chi connectivity index (χ1) is 14.4. The summed E-state index contributed by atoms with van der Waals surface area (Å²) in [4.78, 5) is 34.4. The van der Waals surface area contributed by atoms with E-state index < -0.39 is 0 Å². The Balaban J connectivity index is 1.69. The van der Waals surface area contributed by atoms with Gasteiger partial charge < -0.3 is 20.1 Å². The van der Waals surface area contributed by atoms with E-state index in [4.69, 9.17) is 0 Å². The number of nitrogens with one attached hydrogen (secondary N) is 2.